The van der Waals surface area contributed by atoms with Crippen LogP contribution < -0.4 is 5.32 Å². The Morgan fingerprint density at radius 1 is 1.56 bits per heavy atom. The molecule has 6 heteroatoms. The molecule has 0 saturated heterocycles. The SMILES string of the molecule is CCC(COC)NC(=O)Cc1occc1C(=O)O. The molecule has 2 N–H and O–H groups in total. The predicted molar refractivity (Wildman–Crippen MR) is 63.5 cm³/mol. The number of amides is 1. The van der Waals surface area contributed by atoms with Crippen molar-refractivity contribution in [2.24, 2.45) is 0 Å². The van der Waals surface area contributed by atoms with E-state index >= 15 is 0 Å². The van der Waals surface area contributed by atoms with Crippen molar-refractivity contribution in [2.45, 2.75) is 25.8 Å². The molecular formula is C12H17NO5. The van der Waals surface area contributed by atoms with Crippen LogP contribution in [0.3, 0.4) is 0 Å². The first kappa shape index (κ1) is 14.2. The van der Waals surface area contributed by atoms with Gasteiger partial charge in [0, 0.05) is 7.11 Å². The van der Waals surface area contributed by atoms with Gasteiger partial charge in [0.15, 0.2) is 0 Å². The molecule has 0 aliphatic carbocycles. The van der Waals surface area contributed by atoms with E-state index in [4.69, 9.17) is 14.3 Å². The fourth-order valence-corrected chi connectivity index (χ4v) is 1.56. The lowest BCUT2D eigenvalue weighted by Gasteiger charge is -2.15. The molecule has 1 heterocycles. The largest absolute Gasteiger partial charge is 0.478 e. The van der Waals surface area contributed by atoms with Gasteiger partial charge in [-0.3, -0.25) is 4.79 Å². The number of methoxy groups -OCH3 is 1. The van der Waals surface area contributed by atoms with Crippen LogP contribution in [0.2, 0.25) is 0 Å². The van der Waals surface area contributed by atoms with Crippen LogP contribution in [0, 0.1) is 0 Å². The van der Waals surface area contributed by atoms with Crippen molar-refractivity contribution < 1.29 is 23.8 Å². The van der Waals surface area contributed by atoms with Crippen molar-refractivity contribution in [1.29, 1.82) is 0 Å². The van der Waals surface area contributed by atoms with E-state index in [1.165, 1.54) is 12.3 Å². The van der Waals surface area contributed by atoms with E-state index in [9.17, 15) is 9.59 Å². The van der Waals surface area contributed by atoms with Crippen LogP contribution in [0.4, 0.5) is 0 Å². The first-order chi connectivity index (χ1) is 8.58. The smallest absolute Gasteiger partial charge is 0.339 e. The second-order valence-electron chi connectivity index (χ2n) is 3.87. The van der Waals surface area contributed by atoms with E-state index in [0.717, 1.165) is 6.42 Å². The number of carbonyl (C=O) groups is 2. The summed E-state index contributed by atoms with van der Waals surface area (Å²) >= 11 is 0. The molecule has 0 radical (unpaired) electrons. The number of hydrogen-bond donors (Lipinski definition) is 2. The standard InChI is InChI=1S/C12H17NO5/c1-3-8(7-17-2)13-11(14)6-10-9(12(15)16)4-5-18-10/h4-5,8H,3,6-7H2,1-2H3,(H,13,14)(H,15,16). The molecule has 1 aromatic rings. The monoisotopic (exact) mass is 255 g/mol. The van der Waals surface area contributed by atoms with Crippen molar-refractivity contribution in [3.63, 3.8) is 0 Å². The van der Waals surface area contributed by atoms with Gasteiger partial charge in [0.2, 0.25) is 5.91 Å². The summed E-state index contributed by atoms with van der Waals surface area (Å²) in [5, 5.41) is 11.6. The van der Waals surface area contributed by atoms with Crippen LogP contribution in [-0.4, -0.2) is 36.7 Å². The first-order valence-corrected chi connectivity index (χ1v) is 5.66. The van der Waals surface area contributed by atoms with Crippen LogP contribution in [0.15, 0.2) is 16.7 Å². The third-order valence-electron chi connectivity index (χ3n) is 2.52. The van der Waals surface area contributed by atoms with Gasteiger partial charge in [-0.2, -0.15) is 0 Å². The minimum absolute atomic E-state index is 0.0185. The Hall–Kier alpha value is -1.82. The number of carbonyl (C=O) groups excluding carboxylic acids is 1. The van der Waals surface area contributed by atoms with Gasteiger partial charge in [-0.15, -0.1) is 0 Å². The Morgan fingerprint density at radius 3 is 2.83 bits per heavy atom. The molecule has 0 fully saturated rings. The highest BCUT2D eigenvalue weighted by Gasteiger charge is 2.18. The summed E-state index contributed by atoms with van der Waals surface area (Å²) < 4.78 is 9.96. The molecule has 0 aromatic carbocycles. The van der Waals surface area contributed by atoms with Crippen LogP contribution in [-0.2, 0) is 16.0 Å². The molecule has 1 unspecified atom stereocenters. The zero-order chi connectivity index (χ0) is 13.5. The predicted octanol–water partition coefficient (Wildman–Crippen LogP) is 1.06. The quantitative estimate of drug-likeness (QED) is 0.760. The van der Waals surface area contributed by atoms with Gasteiger partial charge in [-0.25, -0.2) is 4.79 Å². The lowest BCUT2D eigenvalue weighted by Crippen LogP contribution is -2.38. The Labute approximate surface area is 105 Å². The zero-order valence-corrected chi connectivity index (χ0v) is 10.4. The topological polar surface area (TPSA) is 88.8 Å². The Kier molecular flexibility index (Phi) is 5.38. The molecule has 100 valence electrons. The summed E-state index contributed by atoms with van der Waals surface area (Å²) in [6.07, 6.45) is 1.91. The summed E-state index contributed by atoms with van der Waals surface area (Å²) in [5.74, 6) is -1.22. The van der Waals surface area contributed by atoms with Gasteiger partial charge in [-0.1, -0.05) is 6.92 Å². The van der Waals surface area contributed by atoms with Crippen molar-refractivity contribution in [1.82, 2.24) is 5.32 Å². The normalized spacial score (nSPS) is 12.1. The number of hydrogen-bond acceptors (Lipinski definition) is 4. The lowest BCUT2D eigenvalue weighted by molar-refractivity contribution is -0.121. The summed E-state index contributed by atoms with van der Waals surface area (Å²) in [6.45, 7) is 2.35. The molecule has 1 atom stereocenters. The molecule has 0 bridgehead atoms. The molecular weight excluding hydrogens is 238 g/mol. The highest BCUT2D eigenvalue weighted by atomic mass is 16.5. The number of furan rings is 1. The minimum atomic E-state index is -1.10. The van der Waals surface area contributed by atoms with E-state index in [0.29, 0.717) is 6.61 Å². The maximum Gasteiger partial charge on any atom is 0.339 e. The highest BCUT2D eigenvalue weighted by molar-refractivity contribution is 5.90. The number of aromatic carboxylic acids is 1. The molecule has 6 nitrogen and oxygen atoms in total. The molecule has 0 saturated carbocycles. The summed E-state index contributed by atoms with van der Waals surface area (Å²) in [6, 6.07) is 1.25. The fourth-order valence-electron chi connectivity index (χ4n) is 1.56. The molecule has 0 spiro atoms. The van der Waals surface area contributed by atoms with Gasteiger partial charge in [0.1, 0.15) is 11.3 Å². The average Bonchev–Trinajstić information content (AvgIpc) is 2.76. The molecule has 1 aromatic heterocycles. The van der Waals surface area contributed by atoms with Gasteiger partial charge < -0.3 is 19.6 Å². The van der Waals surface area contributed by atoms with Crippen molar-refractivity contribution in [3.8, 4) is 0 Å². The fraction of sp³-hybridized carbons (Fsp3) is 0.500. The van der Waals surface area contributed by atoms with Gasteiger partial charge in [0.05, 0.1) is 25.3 Å². The summed E-state index contributed by atoms with van der Waals surface area (Å²) in [5.41, 5.74) is 0.0185. The van der Waals surface area contributed by atoms with E-state index in [1.54, 1.807) is 7.11 Å². The van der Waals surface area contributed by atoms with E-state index < -0.39 is 5.97 Å². The lowest BCUT2D eigenvalue weighted by atomic mass is 10.2. The average molecular weight is 255 g/mol. The number of nitrogens with one attached hydrogen (secondary N) is 1. The molecule has 0 aliphatic rings. The van der Waals surface area contributed by atoms with Crippen molar-refractivity contribution >= 4 is 11.9 Å². The number of rotatable bonds is 7. The maximum atomic E-state index is 11.7. The van der Waals surface area contributed by atoms with E-state index in [-0.39, 0.29) is 29.7 Å². The highest BCUT2D eigenvalue weighted by Crippen LogP contribution is 2.11. The Morgan fingerprint density at radius 2 is 2.28 bits per heavy atom. The van der Waals surface area contributed by atoms with Crippen LogP contribution in [0.5, 0.6) is 0 Å². The summed E-state index contributed by atoms with van der Waals surface area (Å²) in [7, 11) is 1.56. The summed E-state index contributed by atoms with van der Waals surface area (Å²) in [4.78, 5) is 22.5. The number of carboxylic acids is 1. The van der Waals surface area contributed by atoms with Crippen LogP contribution in [0.25, 0.3) is 0 Å². The van der Waals surface area contributed by atoms with E-state index in [1.807, 2.05) is 6.92 Å². The third kappa shape index (κ3) is 3.89. The van der Waals surface area contributed by atoms with Crippen molar-refractivity contribution in [2.75, 3.05) is 13.7 Å². The second-order valence-corrected chi connectivity index (χ2v) is 3.87. The van der Waals surface area contributed by atoms with Crippen molar-refractivity contribution in [3.05, 3.63) is 23.7 Å². The van der Waals surface area contributed by atoms with E-state index in [2.05, 4.69) is 5.32 Å². The molecule has 18 heavy (non-hydrogen) atoms. The number of ether oxygens (including phenoxy) is 1. The molecule has 0 aliphatic heterocycles. The number of carboxylic acid groups (broad SMARTS) is 1. The van der Waals surface area contributed by atoms with Crippen LogP contribution in [0.1, 0.15) is 29.5 Å². The molecule has 1 amide bonds. The van der Waals surface area contributed by atoms with Gasteiger partial charge in [0.25, 0.3) is 0 Å². The van der Waals surface area contributed by atoms with Crippen LogP contribution >= 0.6 is 0 Å². The first-order valence-electron chi connectivity index (χ1n) is 5.66. The third-order valence-corrected chi connectivity index (χ3v) is 2.52. The Balaban J connectivity index is 2.58. The van der Waals surface area contributed by atoms with Gasteiger partial charge in [-0.05, 0) is 12.5 Å². The maximum absolute atomic E-state index is 11.7. The van der Waals surface area contributed by atoms with Gasteiger partial charge >= 0.3 is 5.97 Å². The zero-order valence-electron chi connectivity index (χ0n) is 10.4. The second kappa shape index (κ2) is 6.80. The molecule has 1 rings (SSSR count). The Bertz CT molecular complexity index is 412. The minimum Gasteiger partial charge on any atom is -0.478 e.